The number of hydrogen-bond acceptors (Lipinski definition) is 6. The summed E-state index contributed by atoms with van der Waals surface area (Å²) in [7, 11) is -4.42. The molecule has 3 N–H and O–H groups in total. The van der Waals surface area contributed by atoms with E-state index >= 15 is 0 Å². The second-order valence-corrected chi connectivity index (χ2v) is 11.5. The predicted octanol–water partition coefficient (Wildman–Crippen LogP) is 2.02. The molecular formula is C26H31F3N4O6S. The summed E-state index contributed by atoms with van der Waals surface area (Å²) in [5, 5.41) is 13.9. The molecule has 0 aromatic heterocycles. The first-order valence-electron chi connectivity index (χ1n) is 12.5. The average Bonchev–Trinajstić information content (AvgIpc) is 2.90. The van der Waals surface area contributed by atoms with Gasteiger partial charge in [0.05, 0.1) is 23.5 Å². The maximum atomic E-state index is 13.4. The molecule has 0 spiro atoms. The van der Waals surface area contributed by atoms with E-state index in [0.717, 1.165) is 27.6 Å². The van der Waals surface area contributed by atoms with Crippen molar-refractivity contribution in [1.29, 1.82) is 0 Å². The van der Waals surface area contributed by atoms with Crippen LogP contribution in [-0.2, 0) is 37.1 Å². The molecule has 0 aliphatic carbocycles. The highest BCUT2D eigenvalue weighted by molar-refractivity contribution is 7.89. The molecule has 1 fully saturated rings. The van der Waals surface area contributed by atoms with Crippen molar-refractivity contribution in [3.8, 4) is 0 Å². The molecule has 3 rings (SSSR count). The number of hydrogen-bond donors (Lipinski definition) is 3. The van der Waals surface area contributed by atoms with Crippen LogP contribution < -0.4 is 10.6 Å². The number of carbonyl (C=O) groups is 3. The van der Waals surface area contributed by atoms with Crippen LogP contribution in [0.3, 0.4) is 0 Å². The molecule has 2 amide bonds. The van der Waals surface area contributed by atoms with Gasteiger partial charge in [-0.05, 0) is 41.3 Å². The number of sulfonamides is 1. The van der Waals surface area contributed by atoms with Gasteiger partial charge in [-0.3, -0.25) is 19.7 Å². The number of piperazine rings is 1. The molecule has 0 radical (unpaired) electrons. The van der Waals surface area contributed by atoms with Crippen molar-refractivity contribution in [3.63, 3.8) is 0 Å². The Labute approximate surface area is 230 Å². The molecule has 40 heavy (non-hydrogen) atoms. The van der Waals surface area contributed by atoms with Crippen molar-refractivity contribution < 1.29 is 41.1 Å². The summed E-state index contributed by atoms with van der Waals surface area (Å²) in [6.07, 6.45) is -4.65. The van der Waals surface area contributed by atoms with E-state index in [1.54, 1.807) is 0 Å². The van der Waals surface area contributed by atoms with Crippen LogP contribution in [0.25, 0.3) is 0 Å². The van der Waals surface area contributed by atoms with Crippen LogP contribution in [0.4, 0.5) is 13.2 Å². The molecule has 14 heteroatoms. The summed E-state index contributed by atoms with van der Waals surface area (Å²) in [4.78, 5) is 37.5. The minimum Gasteiger partial charge on any atom is -0.480 e. The van der Waals surface area contributed by atoms with Gasteiger partial charge in [0.2, 0.25) is 21.8 Å². The number of aliphatic carboxylic acids is 1. The van der Waals surface area contributed by atoms with Crippen LogP contribution in [0.15, 0.2) is 53.4 Å². The Morgan fingerprint density at radius 3 is 2.17 bits per heavy atom. The lowest BCUT2D eigenvalue weighted by molar-refractivity contribution is -0.138. The van der Waals surface area contributed by atoms with Crippen LogP contribution >= 0.6 is 0 Å². The molecular weight excluding hydrogens is 553 g/mol. The molecule has 218 valence electrons. The normalized spacial score (nSPS) is 16.6. The van der Waals surface area contributed by atoms with Gasteiger partial charge in [-0.2, -0.15) is 17.5 Å². The van der Waals surface area contributed by atoms with Crippen LogP contribution in [-0.4, -0.2) is 79.3 Å². The molecule has 2 aromatic rings. The Kier molecular flexibility index (Phi) is 9.92. The smallest absolute Gasteiger partial charge is 0.416 e. The zero-order valence-electron chi connectivity index (χ0n) is 21.9. The van der Waals surface area contributed by atoms with E-state index < -0.39 is 57.0 Å². The van der Waals surface area contributed by atoms with Crippen molar-refractivity contribution in [3.05, 3.63) is 65.2 Å². The summed E-state index contributed by atoms with van der Waals surface area (Å²) in [6.45, 7) is 2.62. The first-order valence-corrected chi connectivity index (χ1v) is 13.9. The minimum atomic E-state index is -4.65. The number of benzene rings is 2. The second kappa shape index (κ2) is 12.8. The van der Waals surface area contributed by atoms with Gasteiger partial charge in [0.25, 0.3) is 0 Å². The number of carbonyl (C=O) groups excluding carboxylic acids is 2. The van der Waals surface area contributed by atoms with Gasteiger partial charge >= 0.3 is 12.1 Å². The van der Waals surface area contributed by atoms with Gasteiger partial charge in [-0.15, -0.1) is 0 Å². The zero-order chi connectivity index (χ0) is 29.7. The van der Waals surface area contributed by atoms with Crippen molar-refractivity contribution in [1.82, 2.24) is 19.8 Å². The summed E-state index contributed by atoms with van der Waals surface area (Å²) < 4.78 is 66.7. The summed E-state index contributed by atoms with van der Waals surface area (Å²) in [5.41, 5.74) is 0.840. The van der Waals surface area contributed by atoms with E-state index in [1.807, 2.05) is 38.1 Å². The van der Waals surface area contributed by atoms with E-state index in [-0.39, 0.29) is 32.7 Å². The highest BCUT2D eigenvalue weighted by atomic mass is 32.2. The molecule has 1 saturated heterocycles. The molecule has 1 aliphatic rings. The Morgan fingerprint density at radius 2 is 1.62 bits per heavy atom. The van der Waals surface area contributed by atoms with Crippen LogP contribution in [0.1, 0.15) is 36.5 Å². The fraction of sp³-hybridized carbons (Fsp3) is 0.423. The Hall–Kier alpha value is -3.49. The SMILES string of the molecule is CC(C)c1ccc(CNC(=O)C2CN(C(=O)CNCC(=O)O)CCN2S(=O)(=O)c2ccc(C(F)(F)F)cc2)cc1. The third-order valence-corrected chi connectivity index (χ3v) is 8.36. The highest BCUT2D eigenvalue weighted by Crippen LogP contribution is 2.31. The quantitative estimate of drug-likeness (QED) is 0.389. The monoisotopic (exact) mass is 584 g/mol. The molecule has 0 saturated carbocycles. The van der Waals surface area contributed by atoms with Crippen molar-refractivity contribution in [2.24, 2.45) is 0 Å². The van der Waals surface area contributed by atoms with Crippen LogP contribution in [0.5, 0.6) is 0 Å². The number of nitrogens with one attached hydrogen (secondary N) is 2. The Bertz CT molecular complexity index is 1320. The average molecular weight is 585 g/mol. The number of alkyl halides is 3. The highest BCUT2D eigenvalue weighted by Gasteiger charge is 2.41. The van der Waals surface area contributed by atoms with E-state index in [0.29, 0.717) is 18.1 Å². The lowest BCUT2D eigenvalue weighted by Crippen LogP contribution is -2.62. The first kappa shape index (κ1) is 31.0. The van der Waals surface area contributed by atoms with Gasteiger partial charge in [0.15, 0.2) is 0 Å². The Morgan fingerprint density at radius 1 is 1.00 bits per heavy atom. The fourth-order valence-corrected chi connectivity index (χ4v) is 5.73. The first-order chi connectivity index (χ1) is 18.7. The third kappa shape index (κ3) is 7.79. The van der Waals surface area contributed by atoms with Crippen LogP contribution in [0.2, 0.25) is 0 Å². The van der Waals surface area contributed by atoms with E-state index in [4.69, 9.17) is 5.11 Å². The summed E-state index contributed by atoms with van der Waals surface area (Å²) in [5.74, 6) is -2.09. The fourth-order valence-electron chi connectivity index (χ4n) is 4.16. The molecule has 1 aliphatic heterocycles. The minimum absolute atomic E-state index is 0.0794. The van der Waals surface area contributed by atoms with Gasteiger partial charge in [0.1, 0.15) is 6.04 Å². The van der Waals surface area contributed by atoms with Gasteiger partial charge < -0.3 is 15.3 Å². The number of nitrogens with zero attached hydrogens (tertiary/aromatic N) is 2. The number of carboxylic acids is 1. The van der Waals surface area contributed by atoms with E-state index in [1.165, 1.54) is 4.90 Å². The third-order valence-electron chi connectivity index (χ3n) is 6.44. The summed E-state index contributed by atoms with van der Waals surface area (Å²) in [6, 6.07) is 9.08. The number of halogens is 3. The standard InChI is InChI=1S/C26H31F3N4O6S/c1-17(2)19-5-3-18(4-6-19)13-31-25(37)22-16-32(23(34)14-30-15-24(35)36)11-12-33(22)40(38,39)21-9-7-20(8-10-21)26(27,28)29/h3-10,17,22,30H,11-16H2,1-2H3,(H,31,37)(H,35,36). The molecule has 2 aromatic carbocycles. The molecule has 1 atom stereocenters. The molecule has 1 heterocycles. The lowest BCUT2D eigenvalue weighted by atomic mass is 10.0. The maximum Gasteiger partial charge on any atom is 0.416 e. The van der Waals surface area contributed by atoms with Gasteiger partial charge in [-0.1, -0.05) is 38.1 Å². The van der Waals surface area contributed by atoms with Crippen molar-refractivity contribution >= 4 is 27.8 Å². The largest absolute Gasteiger partial charge is 0.480 e. The number of carboxylic acid groups (broad SMARTS) is 1. The molecule has 10 nitrogen and oxygen atoms in total. The van der Waals surface area contributed by atoms with Crippen molar-refractivity contribution in [2.45, 2.75) is 43.4 Å². The predicted molar refractivity (Wildman–Crippen MR) is 139 cm³/mol. The lowest BCUT2D eigenvalue weighted by Gasteiger charge is -2.39. The Balaban J connectivity index is 1.82. The summed E-state index contributed by atoms with van der Waals surface area (Å²) >= 11 is 0. The van der Waals surface area contributed by atoms with E-state index in [9.17, 15) is 36.0 Å². The molecule has 1 unspecified atom stereocenters. The second-order valence-electron chi connectivity index (χ2n) is 9.60. The maximum absolute atomic E-state index is 13.4. The van der Waals surface area contributed by atoms with Gasteiger partial charge in [0, 0.05) is 26.2 Å². The van der Waals surface area contributed by atoms with E-state index in [2.05, 4.69) is 10.6 Å². The number of amides is 2. The zero-order valence-corrected chi connectivity index (χ0v) is 22.8. The topological polar surface area (TPSA) is 136 Å². The van der Waals surface area contributed by atoms with Crippen LogP contribution in [0, 0.1) is 0 Å². The number of rotatable bonds is 10. The molecule has 0 bridgehead atoms. The van der Waals surface area contributed by atoms with Crippen molar-refractivity contribution in [2.75, 3.05) is 32.7 Å². The van der Waals surface area contributed by atoms with Gasteiger partial charge in [-0.25, -0.2) is 8.42 Å².